The highest BCUT2D eigenvalue weighted by molar-refractivity contribution is 6.19. The van der Waals surface area contributed by atoms with Gasteiger partial charge in [0.2, 0.25) is 0 Å². The van der Waals surface area contributed by atoms with Crippen LogP contribution in [0.15, 0.2) is 18.2 Å². The van der Waals surface area contributed by atoms with E-state index in [1.807, 2.05) is 0 Å². The molecule has 0 radical (unpaired) electrons. The van der Waals surface area contributed by atoms with Crippen molar-refractivity contribution in [3.63, 3.8) is 0 Å². The van der Waals surface area contributed by atoms with E-state index in [0.717, 1.165) is 19.4 Å². The molecule has 96 valence electrons. The van der Waals surface area contributed by atoms with Crippen LogP contribution in [0.3, 0.4) is 0 Å². The van der Waals surface area contributed by atoms with Gasteiger partial charge in [-0.15, -0.1) is 11.6 Å². The first kappa shape index (κ1) is 13.2. The molecule has 1 fully saturated rings. The normalized spacial score (nSPS) is 18.9. The van der Waals surface area contributed by atoms with Gasteiger partial charge in [0.25, 0.3) is 0 Å². The van der Waals surface area contributed by atoms with E-state index in [9.17, 15) is 4.39 Å². The summed E-state index contributed by atoms with van der Waals surface area (Å²) in [6.45, 7) is 1.26. The second kappa shape index (κ2) is 6.63. The van der Waals surface area contributed by atoms with Gasteiger partial charge in [-0.2, -0.15) is 0 Å². The first-order valence-electron chi connectivity index (χ1n) is 5.88. The third-order valence-corrected chi connectivity index (χ3v) is 2.78. The minimum Gasteiger partial charge on any atom is -0.485 e. The van der Waals surface area contributed by atoms with Crippen molar-refractivity contribution in [3.8, 4) is 17.6 Å². The number of rotatable bonds is 2. The van der Waals surface area contributed by atoms with Crippen LogP contribution in [0.4, 0.5) is 4.39 Å². The number of hydrogen-bond donors (Lipinski definition) is 0. The third kappa shape index (κ3) is 3.63. The van der Waals surface area contributed by atoms with E-state index in [4.69, 9.17) is 21.1 Å². The molecule has 0 aliphatic carbocycles. The Morgan fingerprint density at radius 2 is 2.39 bits per heavy atom. The fraction of sp³-hybridized carbons (Fsp3) is 0.429. The van der Waals surface area contributed by atoms with E-state index in [2.05, 4.69) is 11.8 Å². The third-order valence-electron chi connectivity index (χ3n) is 2.64. The second-order valence-corrected chi connectivity index (χ2v) is 4.30. The van der Waals surface area contributed by atoms with Gasteiger partial charge in [-0.25, -0.2) is 4.39 Å². The first-order valence-corrected chi connectivity index (χ1v) is 6.42. The van der Waals surface area contributed by atoms with Gasteiger partial charge in [0.05, 0.1) is 12.5 Å². The minimum atomic E-state index is -0.378. The maximum absolute atomic E-state index is 13.6. The summed E-state index contributed by atoms with van der Waals surface area (Å²) < 4.78 is 24.5. The molecule has 0 N–H and O–H groups in total. The Labute approximate surface area is 111 Å². The summed E-state index contributed by atoms with van der Waals surface area (Å²) in [6, 6.07) is 4.57. The lowest BCUT2D eigenvalue weighted by Crippen LogP contribution is -2.28. The lowest BCUT2D eigenvalue weighted by molar-refractivity contribution is 0.00587. The topological polar surface area (TPSA) is 18.5 Å². The van der Waals surface area contributed by atoms with Crippen LogP contribution < -0.4 is 4.74 Å². The zero-order valence-electron chi connectivity index (χ0n) is 9.92. The highest BCUT2D eigenvalue weighted by atomic mass is 35.5. The van der Waals surface area contributed by atoms with Crippen molar-refractivity contribution in [2.45, 2.75) is 18.9 Å². The van der Waals surface area contributed by atoms with E-state index in [1.165, 1.54) is 6.07 Å². The van der Waals surface area contributed by atoms with Crippen molar-refractivity contribution < 1.29 is 13.9 Å². The molecule has 1 aromatic carbocycles. The minimum absolute atomic E-state index is 0.0792. The summed E-state index contributed by atoms with van der Waals surface area (Å²) in [7, 11) is 0. The molecule has 0 bridgehead atoms. The van der Waals surface area contributed by atoms with Crippen molar-refractivity contribution in [1.82, 2.24) is 0 Å². The molecule has 0 spiro atoms. The Bertz CT molecular complexity index is 459. The van der Waals surface area contributed by atoms with Crippen LogP contribution in [0.5, 0.6) is 5.75 Å². The Morgan fingerprint density at radius 1 is 1.50 bits per heavy atom. The van der Waals surface area contributed by atoms with Crippen LogP contribution in [-0.4, -0.2) is 25.2 Å². The SMILES string of the molecule is Fc1ccc(C#CCCl)cc1OC1CCCOC1. The molecule has 2 nitrogen and oxygen atoms in total. The molecule has 1 saturated heterocycles. The van der Waals surface area contributed by atoms with Gasteiger partial charge in [0.15, 0.2) is 11.6 Å². The lowest BCUT2D eigenvalue weighted by Gasteiger charge is -2.23. The highest BCUT2D eigenvalue weighted by Crippen LogP contribution is 2.22. The number of alkyl halides is 1. The summed E-state index contributed by atoms with van der Waals surface area (Å²) in [5, 5.41) is 0. The second-order valence-electron chi connectivity index (χ2n) is 4.04. The lowest BCUT2D eigenvalue weighted by atomic mass is 10.1. The Hall–Kier alpha value is -1.24. The van der Waals surface area contributed by atoms with Gasteiger partial charge in [-0.05, 0) is 31.0 Å². The van der Waals surface area contributed by atoms with E-state index in [1.54, 1.807) is 12.1 Å². The summed E-state index contributed by atoms with van der Waals surface area (Å²) in [5.74, 6) is 5.67. The van der Waals surface area contributed by atoms with E-state index < -0.39 is 0 Å². The molecule has 1 aromatic rings. The predicted molar refractivity (Wildman–Crippen MR) is 68.5 cm³/mol. The molecular weight excluding hydrogens is 255 g/mol. The van der Waals surface area contributed by atoms with Gasteiger partial charge in [-0.1, -0.05) is 11.8 Å². The molecule has 2 rings (SSSR count). The Kier molecular flexibility index (Phi) is 4.86. The van der Waals surface area contributed by atoms with Gasteiger partial charge >= 0.3 is 0 Å². The molecule has 1 heterocycles. The summed E-state index contributed by atoms with van der Waals surface area (Å²) in [6.07, 6.45) is 1.75. The van der Waals surface area contributed by atoms with Crippen LogP contribution in [0.1, 0.15) is 18.4 Å². The molecule has 0 aromatic heterocycles. The maximum atomic E-state index is 13.6. The molecule has 4 heteroatoms. The largest absolute Gasteiger partial charge is 0.485 e. The molecule has 1 aliphatic heterocycles. The summed E-state index contributed by atoms with van der Waals surface area (Å²) >= 11 is 5.48. The van der Waals surface area contributed by atoms with E-state index in [-0.39, 0.29) is 23.6 Å². The number of ether oxygens (including phenoxy) is 2. The summed E-state index contributed by atoms with van der Waals surface area (Å²) in [5.41, 5.74) is 0.698. The highest BCUT2D eigenvalue weighted by Gasteiger charge is 2.17. The maximum Gasteiger partial charge on any atom is 0.165 e. The monoisotopic (exact) mass is 268 g/mol. The Morgan fingerprint density at radius 3 is 3.11 bits per heavy atom. The van der Waals surface area contributed by atoms with Gasteiger partial charge in [0, 0.05) is 12.2 Å². The van der Waals surface area contributed by atoms with Crippen LogP contribution in [0.25, 0.3) is 0 Å². The number of hydrogen-bond acceptors (Lipinski definition) is 2. The molecule has 0 amide bonds. The molecule has 18 heavy (non-hydrogen) atoms. The van der Waals surface area contributed by atoms with E-state index in [0.29, 0.717) is 12.2 Å². The zero-order chi connectivity index (χ0) is 12.8. The molecular formula is C14H14ClFO2. The molecule has 0 saturated carbocycles. The standard InChI is InChI=1S/C14H14ClFO2/c15-7-1-3-11-5-6-13(16)14(9-11)18-12-4-2-8-17-10-12/h5-6,9,12H,2,4,7-8,10H2. The van der Waals surface area contributed by atoms with Gasteiger partial charge in [-0.3, -0.25) is 0 Å². The molecule has 1 atom stereocenters. The zero-order valence-corrected chi connectivity index (χ0v) is 10.7. The smallest absolute Gasteiger partial charge is 0.165 e. The van der Waals surface area contributed by atoms with Crippen molar-refractivity contribution in [2.75, 3.05) is 19.1 Å². The Balaban J connectivity index is 2.10. The van der Waals surface area contributed by atoms with Crippen molar-refractivity contribution in [2.24, 2.45) is 0 Å². The predicted octanol–water partition coefficient (Wildman–Crippen LogP) is 2.97. The quantitative estimate of drug-likeness (QED) is 0.606. The summed E-state index contributed by atoms with van der Waals surface area (Å²) in [4.78, 5) is 0. The average Bonchev–Trinajstić information content (AvgIpc) is 2.41. The molecule has 1 unspecified atom stereocenters. The van der Waals surface area contributed by atoms with Crippen LogP contribution in [0.2, 0.25) is 0 Å². The van der Waals surface area contributed by atoms with Crippen molar-refractivity contribution in [3.05, 3.63) is 29.6 Å². The van der Waals surface area contributed by atoms with Gasteiger partial charge < -0.3 is 9.47 Å². The number of halogens is 2. The number of benzene rings is 1. The average molecular weight is 269 g/mol. The van der Waals surface area contributed by atoms with Crippen LogP contribution >= 0.6 is 11.6 Å². The first-order chi connectivity index (χ1) is 8.79. The van der Waals surface area contributed by atoms with Crippen molar-refractivity contribution in [1.29, 1.82) is 0 Å². The molecule has 1 aliphatic rings. The van der Waals surface area contributed by atoms with E-state index >= 15 is 0 Å². The fourth-order valence-electron chi connectivity index (χ4n) is 1.79. The van der Waals surface area contributed by atoms with Crippen LogP contribution in [-0.2, 0) is 4.74 Å². The van der Waals surface area contributed by atoms with Crippen LogP contribution in [0, 0.1) is 17.7 Å². The fourth-order valence-corrected chi connectivity index (χ4v) is 1.86. The van der Waals surface area contributed by atoms with Crippen molar-refractivity contribution >= 4 is 11.6 Å². The van der Waals surface area contributed by atoms with Gasteiger partial charge in [0.1, 0.15) is 6.10 Å².